The molecule has 0 unspecified atom stereocenters. The van der Waals surface area contributed by atoms with Crippen LogP contribution >= 0.6 is 11.6 Å². The number of nitrogens with one attached hydrogen (secondary N) is 1. The zero-order valence-electron chi connectivity index (χ0n) is 16.1. The molecule has 29 heavy (non-hydrogen) atoms. The second kappa shape index (κ2) is 9.77. The quantitative estimate of drug-likeness (QED) is 0.361. The molecule has 0 fully saturated rings. The Morgan fingerprint density at radius 3 is 2.48 bits per heavy atom. The first kappa shape index (κ1) is 20.4. The number of aryl methyl sites for hydroxylation is 1. The van der Waals surface area contributed by atoms with Crippen LogP contribution in [0.5, 0.6) is 0 Å². The van der Waals surface area contributed by atoms with Crippen LogP contribution in [0.4, 0.5) is 5.69 Å². The number of carbonyl (C=O) groups is 1. The average Bonchev–Trinajstić information content (AvgIpc) is 3.20. The Kier molecular flexibility index (Phi) is 6.89. The number of benzene rings is 2. The van der Waals surface area contributed by atoms with Crippen LogP contribution in [-0.2, 0) is 11.2 Å². The molecule has 4 nitrogen and oxygen atoms in total. The zero-order valence-corrected chi connectivity index (χ0v) is 16.9. The van der Waals surface area contributed by atoms with E-state index in [1.54, 1.807) is 24.3 Å². The van der Waals surface area contributed by atoms with Crippen molar-refractivity contribution >= 4 is 29.3 Å². The van der Waals surface area contributed by atoms with E-state index < -0.39 is 5.91 Å². The summed E-state index contributed by atoms with van der Waals surface area (Å²) in [5.41, 5.74) is 2.71. The maximum Gasteiger partial charge on any atom is 0.266 e. The van der Waals surface area contributed by atoms with Gasteiger partial charge in [-0.2, -0.15) is 5.26 Å². The smallest absolute Gasteiger partial charge is 0.266 e. The molecule has 0 aliphatic carbocycles. The zero-order chi connectivity index (χ0) is 20.6. The highest BCUT2D eigenvalue weighted by Gasteiger charge is 2.11. The average molecular weight is 405 g/mol. The van der Waals surface area contributed by atoms with Gasteiger partial charge in [-0.05, 0) is 66.9 Å². The van der Waals surface area contributed by atoms with E-state index in [1.165, 1.54) is 11.6 Å². The van der Waals surface area contributed by atoms with E-state index in [0.717, 1.165) is 24.8 Å². The van der Waals surface area contributed by atoms with Gasteiger partial charge in [0.15, 0.2) is 0 Å². The SMILES string of the molecule is CCCCc1ccc(NC(=O)/C(C#N)=C/c2ccc(-c3ccc(Cl)cc3)o2)cc1. The number of halogens is 1. The topological polar surface area (TPSA) is 66.0 Å². The van der Waals surface area contributed by atoms with Crippen molar-refractivity contribution in [2.45, 2.75) is 26.2 Å². The number of furan rings is 1. The molecule has 0 aliphatic rings. The number of nitrogens with zero attached hydrogens (tertiary/aromatic N) is 1. The fraction of sp³-hybridized carbons (Fsp3) is 0.167. The molecule has 0 atom stereocenters. The number of hydrogen-bond donors (Lipinski definition) is 1. The van der Waals surface area contributed by atoms with Crippen molar-refractivity contribution in [2.75, 3.05) is 5.32 Å². The van der Waals surface area contributed by atoms with Crippen LogP contribution in [0.15, 0.2) is 70.7 Å². The van der Waals surface area contributed by atoms with Crippen molar-refractivity contribution in [3.63, 3.8) is 0 Å². The highest BCUT2D eigenvalue weighted by Crippen LogP contribution is 2.25. The molecule has 146 valence electrons. The Bertz CT molecular complexity index is 1040. The summed E-state index contributed by atoms with van der Waals surface area (Å²) in [5, 5.41) is 12.8. The van der Waals surface area contributed by atoms with Gasteiger partial charge in [-0.1, -0.05) is 37.1 Å². The number of amides is 1. The molecule has 0 saturated heterocycles. The molecular weight excluding hydrogens is 384 g/mol. The number of hydrogen-bond acceptors (Lipinski definition) is 3. The molecule has 1 amide bonds. The standard InChI is InChI=1S/C24H21ClN2O2/c1-2-3-4-17-5-11-21(12-6-17)27-24(28)19(16-26)15-22-13-14-23(29-22)18-7-9-20(25)10-8-18/h5-15H,2-4H2,1H3,(H,27,28)/b19-15+. The van der Waals surface area contributed by atoms with E-state index in [4.69, 9.17) is 16.0 Å². The van der Waals surface area contributed by atoms with E-state index in [1.807, 2.05) is 42.5 Å². The van der Waals surface area contributed by atoms with E-state index in [9.17, 15) is 10.1 Å². The van der Waals surface area contributed by atoms with E-state index in [2.05, 4.69) is 12.2 Å². The lowest BCUT2D eigenvalue weighted by atomic mass is 10.1. The minimum Gasteiger partial charge on any atom is -0.457 e. The lowest BCUT2D eigenvalue weighted by Gasteiger charge is -2.06. The molecule has 1 heterocycles. The monoisotopic (exact) mass is 404 g/mol. The maximum atomic E-state index is 12.5. The lowest BCUT2D eigenvalue weighted by Crippen LogP contribution is -2.13. The summed E-state index contributed by atoms with van der Waals surface area (Å²) in [7, 11) is 0. The summed E-state index contributed by atoms with van der Waals surface area (Å²) >= 11 is 5.90. The predicted molar refractivity (Wildman–Crippen MR) is 116 cm³/mol. The molecule has 2 aromatic carbocycles. The minimum atomic E-state index is -0.474. The van der Waals surface area contributed by atoms with Crippen molar-refractivity contribution in [3.8, 4) is 17.4 Å². The van der Waals surface area contributed by atoms with Crippen LogP contribution in [-0.4, -0.2) is 5.91 Å². The van der Waals surface area contributed by atoms with Crippen LogP contribution in [0.25, 0.3) is 17.4 Å². The molecular formula is C24H21ClN2O2. The largest absolute Gasteiger partial charge is 0.457 e. The first-order valence-corrected chi connectivity index (χ1v) is 9.84. The highest BCUT2D eigenvalue weighted by molar-refractivity contribution is 6.30. The molecule has 1 aromatic heterocycles. The van der Waals surface area contributed by atoms with E-state index in [0.29, 0.717) is 22.2 Å². The molecule has 3 rings (SSSR count). The Hall–Kier alpha value is -3.29. The van der Waals surface area contributed by atoms with Gasteiger partial charge in [-0.15, -0.1) is 0 Å². The highest BCUT2D eigenvalue weighted by atomic mass is 35.5. The number of nitriles is 1. The summed E-state index contributed by atoms with van der Waals surface area (Å²) in [6, 6.07) is 20.4. The summed E-state index contributed by atoms with van der Waals surface area (Å²) in [6.07, 6.45) is 4.72. The van der Waals surface area contributed by atoms with E-state index in [-0.39, 0.29) is 5.57 Å². The van der Waals surface area contributed by atoms with Gasteiger partial charge >= 0.3 is 0 Å². The Morgan fingerprint density at radius 1 is 1.10 bits per heavy atom. The van der Waals surface area contributed by atoms with Crippen molar-refractivity contribution < 1.29 is 9.21 Å². The van der Waals surface area contributed by atoms with Gasteiger partial charge in [0.2, 0.25) is 0 Å². The second-order valence-electron chi connectivity index (χ2n) is 6.63. The van der Waals surface area contributed by atoms with Crippen LogP contribution in [0, 0.1) is 11.3 Å². The Labute approximate surface area is 175 Å². The van der Waals surface area contributed by atoms with E-state index >= 15 is 0 Å². The number of anilines is 1. The molecule has 5 heteroatoms. The third-order valence-corrected chi connectivity index (χ3v) is 4.69. The van der Waals surface area contributed by atoms with Crippen LogP contribution < -0.4 is 5.32 Å². The molecule has 0 saturated carbocycles. The first-order valence-electron chi connectivity index (χ1n) is 9.47. The molecule has 3 aromatic rings. The lowest BCUT2D eigenvalue weighted by molar-refractivity contribution is -0.112. The Balaban J connectivity index is 1.70. The van der Waals surface area contributed by atoms with Crippen molar-refractivity contribution in [2.24, 2.45) is 0 Å². The molecule has 0 bridgehead atoms. The number of carbonyl (C=O) groups excluding carboxylic acids is 1. The fourth-order valence-corrected chi connectivity index (χ4v) is 2.95. The fourth-order valence-electron chi connectivity index (χ4n) is 2.82. The number of rotatable bonds is 7. The normalized spacial score (nSPS) is 11.1. The summed E-state index contributed by atoms with van der Waals surface area (Å²) in [5.74, 6) is 0.586. The third-order valence-electron chi connectivity index (χ3n) is 4.44. The predicted octanol–water partition coefficient (Wildman–Crippen LogP) is 6.49. The molecule has 0 aliphatic heterocycles. The second-order valence-corrected chi connectivity index (χ2v) is 7.07. The summed E-state index contributed by atoms with van der Waals surface area (Å²) < 4.78 is 5.74. The minimum absolute atomic E-state index is 0.0305. The van der Waals surface area contributed by atoms with Gasteiger partial charge in [0, 0.05) is 22.3 Å². The van der Waals surface area contributed by atoms with Gasteiger partial charge < -0.3 is 9.73 Å². The summed E-state index contributed by atoms with van der Waals surface area (Å²) in [4.78, 5) is 12.5. The maximum absolute atomic E-state index is 12.5. The third kappa shape index (κ3) is 5.60. The van der Waals surface area contributed by atoms with Crippen LogP contribution in [0.1, 0.15) is 31.1 Å². The van der Waals surface area contributed by atoms with Gasteiger partial charge in [0.25, 0.3) is 5.91 Å². The van der Waals surface area contributed by atoms with Gasteiger partial charge in [0.05, 0.1) is 0 Å². The summed E-state index contributed by atoms with van der Waals surface area (Å²) in [6.45, 7) is 2.15. The van der Waals surface area contributed by atoms with Gasteiger partial charge in [-0.3, -0.25) is 4.79 Å². The van der Waals surface area contributed by atoms with Crippen molar-refractivity contribution in [1.82, 2.24) is 0 Å². The van der Waals surface area contributed by atoms with Gasteiger partial charge in [0.1, 0.15) is 23.2 Å². The first-order chi connectivity index (χ1) is 14.1. The van der Waals surface area contributed by atoms with Crippen LogP contribution in [0.2, 0.25) is 5.02 Å². The molecule has 0 spiro atoms. The van der Waals surface area contributed by atoms with Gasteiger partial charge in [-0.25, -0.2) is 0 Å². The number of unbranched alkanes of at least 4 members (excludes halogenated alkanes) is 1. The Morgan fingerprint density at radius 2 is 1.83 bits per heavy atom. The van der Waals surface area contributed by atoms with Crippen molar-refractivity contribution in [1.29, 1.82) is 5.26 Å². The molecule has 0 radical (unpaired) electrons. The van der Waals surface area contributed by atoms with Crippen LogP contribution in [0.3, 0.4) is 0 Å². The van der Waals surface area contributed by atoms with Crippen molar-refractivity contribution in [3.05, 3.63) is 82.6 Å². The molecule has 1 N–H and O–H groups in total.